The van der Waals surface area contributed by atoms with E-state index in [4.69, 9.17) is 6.42 Å². The van der Waals surface area contributed by atoms with E-state index in [2.05, 4.69) is 11.2 Å². The van der Waals surface area contributed by atoms with Crippen molar-refractivity contribution < 1.29 is 9.59 Å². The molecule has 5 heteroatoms. The van der Waals surface area contributed by atoms with Crippen LogP contribution in [0.5, 0.6) is 0 Å². The quantitative estimate of drug-likeness (QED) is 0.600. The van der Waals surface area contributed by atoms with Crippen LogP contribution in [0.2, 0.25) is 0 Å². The second-order valence-corrected chi connectivity index (χ2v) is 6.50. The molecule has 4 nitrogen and oxygen atoms in total. The SMILES string of the molecule is C#CCSCCN1C(=O)C(C)(C2CC2)NC(=O)C1C. The van der Waals surface area contributed by atoms with Gasteiger partial charge in [-0.3, -0.25) is 9.59 Å². The summed E-state index contributed by atoms with van der Waals surface area (Å²) in [5.74, 6) is 4.29. The van der Waals surface area contributed by atoms with Crippen molar-refractivity contribution in [1.29, 1.82) is 0 Å². The van der Waals surface area contributed by atoms with E-state index in [1.165, 1.54) is 0 Å². The van der Waals surface area contributed by atoms with Crippen LogP contribution in [0.4, 0.5) is 0 Å². The first-order valence-corrected chi connectivity index (χ1v) is 7.80. The van der Waals surface area contributed by atoms with Crippen LogP contribution in [0.15, 0.2) is 0 Å². The lowest BCUT2D eigenvalue weighted by Gasteiger charge is -2.43. The van der Waals surface area contributed by atoms with Crippen molar-refractivity contribution in [1.82, 2.24) is 10.2 Å². The highest BCUT2D eigenvalue weighted by atomic mass is 32.2. The summed E-state index contributed by atoms with van der Waals surface area (Å²) in [6.45, 7) is 4.23. The van der Waals surface area contributed by atoms with Gasteiger partial charge in [0.05, 0.1) is 5.75 Å². The molecule has 2 rings (SSSR count). The van der Waals surface area contributed by atoms with Gasteiger partial charge in [0.2, 0.25) is 11.8 Å². The number of nitrogens with one attached hydrogen (secondary N) is 1. The van der Waals surface area contributed by atoms with Crippen LogP contribution in [-0.4, -0.2) is 46.3 Å². The van der Waals surface area contributed by atoms with Gasteiger partial charge in [0.1, 0.15) is 11.6 Å². The van der Waals surface area contributed by atoms with Gasteiger partial charge in [0.25, 0.3) is 0 Å². The summed E-state index contributed by atoms with van der Waals surface area (Å²) in [6.07, 6.45) is 7.25. The lowest BCUT2D eigenvalue weighted by Crippen LogP contribution is -2.69. The predicted octanol–water partition coefficient (Wildman–Crippen LogP) is 0.868. The van der Waals surface area contributed by atoms with Crippen molar-refractivity contribution >= 4 is 23.6 Å². The van der Waals surface area contributed by atoms with Crippen molar-refractivity contribution in [2.75, 3.05) is 18.1 Å². The molecule has 2 aliphatic rings. The number of rotatable bonds is 5. The fraction of sp³-hybridized carbons (Fsp3) is 0.714. The Morgan fingerprint density at radius 3 is 2.79 bits per heavy atom. The van der Waals surface area contributed by atoms with Gasteiger partial charge in [-0.2, -0.15) is 0 Å². The van der Waals surface area contributed by atoms with Gasteiger partial charge in [-0.15, -0.1) is 18.2 Å². The Labute approximate surface area is 118 Å². The highest BCUT2D eigenvalue weighted by Crippen LogP contribution is 2.42. The van der Waals surface area contributed by atoms with E-state index < -0.39 is 5.54 Å². The summed E-state index contributed by atoms with van der Waals surface area (Å²) < 4.78 is 0. The topological polar surface area (TPSA) is 49.4 Å². The van der Waals surface area contributed by atoms with Gasteiger partial charge in [0, 0.05) is 12.3 Å². The van der Waals surface area contributed by atoms with Crippen molar-refractivity contribution in [3.63, 3.8) is 0 Å². The number of carbonyl (C=O) groups excluding carboxylic acids is 2. The van der Waals surface area contributed by atoms with Crippen LogP contribution >= 0.6 is 11.8 Å². The molecule has 1 N–H and O–H groups in total. The molecular formula is C14H20N2O2S. The average Bonchev–Trinajstić information content (AvgIpc) is 3.20. The van der Waals surface area contributed by atoms with Crippen LogP contribution in [0, 0.1) is 18.3 Å². The molecule has 0 aromatic rings. The molecule has 2 amide bonds. The van der Waals surface area contributed by atoms with E-state index in [9.17, 15) is 9.59 Å². The summed E-state index contributed by atoms with van der Waals surface area (Å²) in [4.78, 5) is 26.4. The molecule has 104 valence electrons. The first-order valence-electron chi connectivity index (χ1n) is 6.65. The molecule has 0 bridgehead atoms. The molecule has 0 aromatic carbocycles. The number of hydrogen-bond acceptors (Lipinski definition) is 3. The molecule has 1 heterocycles. The molecule has 2 unspecified atom stereocenters. The molecule has 2 fully saturated rings. The summed E-state index contributed by atoms with van der Waals surface area (Å²) in [5, 5.41) is 2.92. The number of piperazine rings is 1. The summed E-state index contributed by atoms with van der Waals surface area (Å²) in [7, 11) is 0. The van der Waals surface area contributed by atoms with Crippen LogP contribution in [0.3, 0.4) is 0 Å². The van der Waals surface area contributed by atoms with Gasteiger partial charge >= 0.3 is 0 Å². The van der Waals surface area contributed by atoms with Crippen molar-refractivity contribution in [3.05, 3.63) is 0 Å². The molecule has 19 heavy (non-hydrogen) atoms. The Bertz CT molecular complexity index is 428. The maximum atomic E-state index is 12.6. The fourth-order valence-corrected chi connectivity index (χ4v) is 3.14. The molecule has 1 saturated carbocycles. The summed E-state index contributed by atoms with van der Waals surface area (Å²) in [6, 6.07) is -0.384. The maximum absolute atomic E-state index is 12.6. The predicted molar refractivity (Wildman–Crippen MR) is 76.6 cm³/mol. The molecule has 1 aliphatic heterocycles. The van der Waals surface area contributed by atoms with Crippen molar-refractivity contribution in [2.45, 2.75) is 38.3 Å². The Hall–Kier alpha value is -1.15. The van der Waals surface area contributed by atoms with Gasteiger partial charge in [-0.25, -0.2) is 0 Å². The van der Waals surface area contributed by atoms with Crippen LogP contribution in [-0.2, 0) is 9.59 Å². The van der Waals surface area contributed by atoms with Crippen LogP contribution < -0.4 is 5.32 Å². The largest absolute Gasteiger partial charge is 0.340 e. The van der Waals surface area contributed by atoms with Crippen LogP contribution in [0.25, 0.3) is 0 Å². The third kappa shape index (κ3) is 2.74. The number of nitrogens with zero attached hydrogens (tertiary/aromatic N) is 1. The minimum Gasteiger partial charge on any atom is -0.340 e. The summed E-state index contributed by atoms with van der Waals surface area (Å²) in [5.41, 5.74) is -0.694. The lowest BCUT2D eigenvalue weighted by atomic mass is 9.90. The Morgan fingerprint density at radius 2 is 2.21 bits per heavy atom. The Morgan fingerprint density at radius 1 is 1.53 bits per heavy atom. The van der Waals surface area contributed by atoms with E-state index in [0.29, 0.717) is 18.2 Å². The smallest absolute Gasteiger partial charge is 0.249 e. The zero-order valence-corrected chi connectivity index (χ0v) is 12.3. The molecule has 2 atom stereocenters. The molecule has 1 aliphatic carbocycles. The maximum Gasteiger partial charge on any atom is 0.249 e. The minimum atomic E-state index is -0.694. The minimum absolute atomic E-state index is 0.0454. The third-order valence-electron chi connectivity index (χ3n) is 3.99. The first-order chi connectivity index (χ1) is 9.00. The molecule has 0 aromatic heterocycles. The van der Waals surface area contributed by atoms with E-state index in [0.717, 1.165) is 18.6 Å². The number of terminal acetylenes is 1. The number of carbonyl (C=O) groups is 2. The number of amides is 2. The first kappa shape index (κ1) is 14.3. The number of hydrogen-bond donors (Lipinski definition) is 1. The highest BCUT2D eigenvalue weighted by molar-refractivity contribution is 7.99. The summed E-state index contributed by atoms with van der Waals surface area (Å²) >= 11 is 1.61. The van der Waals surface area contributed by atoms with Crippen LogP contribution in [0.1, 0.15) is 26.7 Å². The number of thioether (sulfide) groups is 1. The van der Waals surface area contributed by atoms with E-state index in [-0.39, 0.29) is 17.9 Å². The highest BCUT2D eigenvalue weighted by Gasteiger charge is 2.54. The Balaban J connectivity index is 2.04. The second kappa shape index (κ2) is 5.46. The molecule has 1 saturated heterocycles. The van der Waals surface area contributed by atoms with Gasteiger partial charge in [-0.05, 0) is 32.6 Å². The van der Waals surface area contributed by atoms with Crippen molar-refractivity contribution in [3.8, 4) is 12.3 Å². The van der Waals surface area contributed by atoms with E-state index in [1.54, 1.807) is 23.6 Å². The average molecular weight is 280 g/mol. The second-order valence-electron chi connectivity index (χ2n) is 5.40. The van der Waals surface area contributed by atoms with Gasteiger partial charge in [0.15, 0.2) is 0 Å². The zero-order chi connectivity index (χ0) is 14.0. The van der Waals surface area contributed by atoms with E-state index in [1.807, 2.05) is 6.92 Å². The van der Waals surface area contributed by atoms with E-state index >= 15 is 0 Å². The standard InChI is InChI=1S/C14H20N2O2S/c1-4-8-19-9-7-16-10(2)12(17)15-14(3,13(16)18)11-5-6-11/h1,10-11H,5-9H2,2-3H3,(H,15,17). The third-order valence-corrected chi connectivity index (χ3v) is 4.83. The van der Waals surface area contributed by atoms with Crippen molar-refractivity contribution in [2.24, 2.45) is 5.92 Å². The lowest BCUT2D eigenvalue weighted by molar-refractivity contribution is -0.154. The molecule has 0 radical (unpaired) electrons. The molecular weight excluding hydrogens is 260 g/mol. The van der Waals surface area contributed by atoms with Gasteiger partial charge < -0.3 is 10.2 Å². The monoisotopic (exact) mass is 280 g/mol. The normalized spacial score (nSPS) is 31.0. The zero-order valence-electron chi connectivity index (χ0n) is 11.4. The van der Waals surface area contributed by atoms with Gasteiger partial charge in [-0.1, -0.05) is 5.92 Å². The Kier molecular flexibility index (Phi) is 4.10. The fourth-order valence-electron chi connectivity index (χ4n) is 2.56. The molecule has 0 spiro atoms.